The van der Waals surface area contributed by atoms with E-state index in [2.05, 4.69) is 42.5 Å². The Kier molecular flexibility index (Phi) is 7.54. The topological polar surface area (TPSA) is 66.4 Å². The maximum atomic E-state index is 10.2. The van der Waals surface area contributed by atoms with Crippen molar-refractivity contribution >= 4 is 21.4 Å². The maximum Gasteiger partial charge on any atom is 0.158 e. The molecule has 1 aliphatic carbocycles. The Labute approximate surface area is 211 Å². The third-order valence-corrected chi connectivity index (χ3v) is 8.98. The number of thiophene rings is 1. The smallest absolute Gasteiger partial charge is 0.158 e. The zero-order valence-electron chi connectivity index (χ0n) is 20.1. The lowest BCUT2D eigenvalue weighted by atomic mass is 9.91. The fraction of sp³-hybridized carbons (Fsp3) is 0.643. The van der Waals surface area contributed by atoms with Crippen LogP contribution in [0.1, 0.15) is 62.3 Å². The Balaban J connectivity index is 1.25. The van der Waals surface area contributed by atoms with Gasteiger partial charge >= 0.3 is 0 Å². The second-order valence-electron chi connectivity index (χ2n) is 10.2. The molecule has 35 heavy (non-hydrogen) atoms. The van der Waals surface area contributed by atoms with Crippen molar-refractivity contribution in [3.8, 4) is 0 Å². The van der Waals surface area contributed by atoms with Crippen LogP contribution in [0.5, 0.6) is 0 Å². The van der Waals surface area contributed by atoms with Crippen LogP contribution in [0.2, 0.25) is 0 Å². The Hall–Kier alpha value is -1.32. The van der Waals surface area contributed by atoms with Crippen LogP contribution in [-0.2, 0) is 23.7 Å². The first kappa shape index (κ1) is 24.0. The van der Waals surface area contributed by atoms with Crippen molar-refractivity contribution in [2.75, 3.05) is 13.2 Å². The van der Waals surface area contributed by atoms with Gasteiger partial charge in [-0.25, -0.2) is 0 Å². The molecule has 3 unspecified atom stereocenters. The summed E-state index contributed by atoms with van der Waals surface area (Å²) in [4.78, 5) is 1.18. The molecule has 1 aromatic carbocycles. The molecule has 7 heteroatoms. The average molecular weight is 501 g/mol. The number of hydrogen-bond acceptors (Lipinski definition) is 7. The number of aliphatic hydroxyl groups is 1. The molecule has 190 valence electrons. The van der Waals surface area contributed by atoms with Gasteiger partial charge in [-0.3, -0.25) is 0 Å². The highest BCUT2D eigenvalue weighted by molar-refractivity contribution is 7.19. The summed E-state index contributed by atoms with van der Waals surface area (Å²) >= 11 is 1.78. The van der Waals surface area contributed by atoms with Crippen LogP contribution < -0.4 is 0 Å². The fourth-order valence-electron chi connectivity index (χ4n) is 6.03. The lowest BCUT2D eigenvalue weighted by Gasteiger charge is -2.29. The summed E-state index contributed by atoms with van der Waals surface area (Å²) < 4.78 is 31.9. The summed E-state index contributed by atoms with van der Waals surface area (Å²) in [5.41, 5.74) is 0. The first-order valence-electron chi connectivity index (χ1n) is 13.3. The van der Waals surface area contributed by atoms with E-state index in [0.717, 1.165) is 58.2 Å². The largest absolute Gasteiger partial charge is 0.368 e. The molecule has 6 rings (SSSR count). The van der Waals surface area contributed by atoms with E-state index in [1.165, 1.54) is 15.0 Å². The molecule has 0 bridgehead atoms. The van der Waals surface area contributed by atoms with Crippen LogP contribution in [0.3, 0.4) is 0 Å². The molecule has 3 saturated heterocycles. The Morgan fingerprint density at radius 1 is 1.00 bits per heavy atom. The molecule has 1 N–H and O–H groups in total. The van der Waals surface area contributed by atoms with Crippen LogP contribution >= 0.6 is 11.3 Å². The maximum absolute atomic E-state index is 10.2. The molecule has 4 fully saturated rings. The van der Waals surface area contributed by atoms with Crippen molar-refractivity contribution in [1.29, 1.82) is 0 Å². The van der Waals surface area contributed by atoms with Gasteiger partial charge in [0.25, 0.3) is 0 Å². The lowest BCUT2D eigenvalue weighted by Crippen LogP contribution is -2.31. The Morgan fingerprint density at radius 2 is 1.80 bits per heavy atom. The van der Waals surface area contributed by atoms with Crippen molar-refractivity contribution in [2.45, 2.75) is 88.5 Å². The van der Waals surface area contributed by atoms with E-state index in [1.807, 2.05) is 0 Å². The normalized spacial score (nSPS) is 36.7. The number of benzene rings is 1. The molecule has 4 aliphatic rings. The molecule has 6 nitrogen and oxygen atoms in total. The van der Waals surface area contributed by atoms with E-state index < -0.39 is 6.29 Å². The fourth-order valence-corrected chi connectivity index (χ4v) is 7.11. The first-order chi connectivity index (χ1) is 17.2. The van der Waals surface area contributed by atoms with E-state index >= 15 is 0 Å². The zero-order chi connectivity index (χ0) is 23.6. The summed E-state index contributed by atoms with van der Waals surface area (Å²) in [6, 6.07) is 10.7. The number of fused-ring (bicyclic) bond motifs is 2. The van der Waals surface area contributed by atoms with Gasteiger partial charge in [0, 0.05) is 41.6 Å². The van der Waals surface area contributed by atoms with Gasteiger partial charge in [0.15, 0.2) is 18.9 Å². The minimum absolute atomic E-state index is 0.0193. The highest BCUT2D eigenvalue weighted by Crippen LogP contribution is 2.46. The van der Waals surface area contributed by atoms with Gasteiger partial charge in [0.2, 0.25) is 0 Å². The van der Waals surface area contributed by atoms with Crippen LogP contribution in [-0.4, -0.2) is 49.4 Å². The molecule has 0 radical (unpaired) electrons. The standard InChI is InChI=1S/C28H36O6S/c29-26-16-20-19(22(17-23(20)32-26)34-28-10-4-6-14-31-28)11-12-21(33-27-9-3-5-13-30-27)25-15-18-7-1-2-8-24(18)35-25/h1-2,7-8,11-12,15,19-23,26-29H,3-6,9-10,13-14,16-17H2/t19-,20-,21-,22-,23+,26?,27?,28?/m1/s1. The third kappa shape index (κ3) is 5.52. The van der Waals surface area contributed by atoms with Crippen LogP contribution in [0.25, 0.3) is 10.1 Å². The van der Waals surface area contributed by atoms with Crippen molar-refractivity contribution in [3.05, 3.63) is 47.4 Å². The highest BCUT2D eigenvalue weighted by Gasteiger charge is 2.49. The number of ether oxygens (including phenoxy) is 5. The molecule has 2 aromatic rings. The molecule has 8 atom stereocenters. The predicted octanol–water partition coefficient (Wildman–Crippen LogP) is 5.70. The summed E-state index contributed by atoms with van der Waals surface area (Å²) in [5, 5.41) is 11.4. The molecular formula is C28H36O6S. The number of hydrogen-bond donors (Lipinski definition) is 1. The Morgan fingerprint density at radius 3 is 2.57 bits per heavy atom. The van der Waals surface area contributed by atoms with Crippen LogP contribution in [0.4, 0.5) is 0 Å². The van der Waals surface area contributed by atoms with Gasteiger partial charge in [-0.1, -0.05) is 30.4 Å². The number of aliphatic hydroxyl groups excluding tert-OH is 1. The molecule has 1 saturated carbocycles. The molecule has 1 aromatic heterocycles. The SMILES string of the molecule is OC1C[C@@H]2[C@@H](C=C[C@@H](OC3CCCCO3)c3cc4ccccc4s3)[C@H](OC3CCCCO3)C[C@@H]2O1. The van der Waals surface area contributed by atoms with Crippen molar-refractivity contribution < 1.29 is 28.8 Å². The van der Waals surface area contributed by atoms with E-state index in [1.54, 1.807) is 11.3 Å². The molecule has 0 spiro atoms. The van der Waals surface area contributed by atoms with Gasteiger partial charge < -0.3 is 28.8 Å². The lowest BCUT2D eigenvalue weighted by molar-refractivity contribution is -0.196. The van der Waals surface area contributed by atoms with Crippen LogP contribution in [0.15, 0.2) is 42.5 Å². The predicted molar refractivity (Wildman–Crippen MR) is 134 cm³/mol. The van der Waals surface area contributed by atoms with Gasteiger partial charge in [-0.2, -0.15) is 0 Å². The molecule has 3 aliphatic heterocycles. The minimum atomic E-state index is -0.682. The van der Waals surface area contributed by atoms with Crippen molar-refractivity contribution in [3.63, 3.8) is 0 Å². The average Bonchev–Trinajstić information content (AvgIpc) is 3.55. The van der Waals surface area contributed by atoms with E-state index in [-0.39, 0.29) is 42.7 Å². The first-order valence-corrected chi connectivity index (χ1v) is 14.1. The number of rotatable bonds is 7. The van der Waals surface area contributed by atoms with E-state index in [0.29, 0.717) is 6.42 Å². The summed E-state index contributed by atoms with van der Waals surface area (Å²) in [6.07, 6.45) is 11.1. The Bertz CT molecular complexity index is 961. The van der Waals surface area contributed by atoms with Crippen LogP contribution in [0, 0.1) is 11.8 Å². The molecule has 4 heterocycles. The van der Waals surface area contributed by atoms with Crippen molar-refractivity contribution in [1.82, 2.24) is 0 Å². The second kappa shape index (κ2) is 11.0. The summed E-state index contributed by atoms with van der Waals surface area (Å²) in [7, 11) is 0. The van der Waals surface area contributed by atoms with E-state index in [9.17, 15) is 5.11 Å². The van der Waals surface area contributed by atoms with Gasteiger partial charge in [-0.15, -0.1) is 11.3 Å². The van der Waals surface area contributed by atoms with Gasteiger partial charge in [-0.05, 0) is 62.0 Å². The monoisotopic (exact) mass is 500 g/mol. The summed E-state index contributed by atoms with van der Waals surface area (Å²) in [5.74, 6) is 0.388. The zero-order valence-corrected chi connectivity index (χ0v) is 20.9. The third-order valence-electron chi connectivity index (χ3n) is 7.81. The van der Waals surface area contributed by atoms with Gasteiger partial charge in [0.05, 0.1) is 12.2 Å². The molecule has 0 amide bonds. The minimum Gasteiger partial charge on any atom is -0.368 e. The summed E-state index contributed by atoms with van der Waals surface area (Å²) in [6.45, 7) is 1.52. The van der Waals surface area contributed by atoms with Gasteiger partial charge in [0.1, 0.15) is 6.10 Å². The van der Waals surface area contributed by atoms with Crippen molar-refractivity contribution in [2.24, 2.45) is 11.8 Å². The quantitative estimate of drug-likeness (QED) is 0.492. The van der Waals surface area contributed by atoms with E-state index in [4.69, 9.17) is 23.7 Å². The second-order valence-corrected chi connectivity index (χ2v) is 11.4. The highest BCUT2D eigenvalue weighted by atomic mass is 32.1. The molecular weight excluding hydrogens is 464 g/mol.